The molecule has 0 bridgehead atoms. The Bertz CT molecular complexity index is 1180. The molecule has 4 N–H and O–H groups in total. The Morgan fingerprint density at radius 2 is 1.08 bits per heavy atom. The molecular formula is C31H48N5O11Y-. The summed E-state index contributed by atoms with van der Waals surface area (Å²) in [4.78, 5) is 116. The zero-order chi connectivity index (χ0) is 33.2. The summed E-state index contributed by atoms with van der Waals surface area (Å²) >= 11 is 0. The van der Waals surface area contributed by atoms with Gasteiger partial charge >= 0.3 is 5.97 Å². The van der Waals surface area contributed by atoms with Crippen molar-refractivity contribution < 1.29 is 91.2 Å². The largest absolute Gasteiger partial charge is 0.358 e. The van der Waals surface area contributed by atoms with E-state index in [2.05, 4.69) is 15.9 Å². The Kier molecular flexibility index (Phi) is 29.0. The number of nitrogens with one attached hydrogen (secondary N) is 1. The predicted molar refractivity (Wildman–Crippen MR) is 168 cm³/mol. The molecule has 0 aromatic heterocycles. The van der Waals surface area contributed by atoms with Crippen molar-refractivity contribution in [3.05, 3.63) is 39.2 Å². The van der Waals surface area contributed by atoms with E-state index < -0.39 is 17.8 Å². The summed E-state index contributed by atoms with van der Waals surface area (Å²) in [6.07, 6.45) is 7.67. The van der Waals surface area contributed by atoms with Crippen LogP contribution in [0.25, 0.3) is 0 Å². The fourth-order valence-electron chi connectivity index (χ4n) is 3.68. The van der Waals surface area contributed by atoms with E-state index in [1.54, 1.807) is 0 Å². The molecule has 0 aromatic carbocycles. The number of hydrogen-bond donors (Lipinski definition) is 2. The van der Waals surface area contributed by atoms with E-state index in [1.165, 1.54) is 31.2 Å². The molecule has 48 heavy (non-hydrogen) atoms. The smallest absolute Gasteiger partial charge is 0.330 e. The number of imide groups is 3. The third kappa shape index (κ3) is 19.8. The Balaban J connectivity index is -0.000000297. The molecule has 1 radical (unpaired) electrons. The molecule has 17 heteroatoms. The van der Waals surface area contributed by atoms with Crippen molar-refractivity contribution in [2.45, 2.75) is 72.6 Å². The predicted octanol–water partition coefficient (Wildman–Crippen LogP) is -0.173. The number of carbonyl (C=O) groups is 10. The number of hydrogen-bond acceptors (Lipinski definition) is 11. The molecule has 3 heterocycles. The molecule has 3 aliphatic heterocycles. The SMILES string of the molecule is C.CC(=O)NCCCC(=O)CCN1C(=O)C=CC1=O.CC(=O)ON1C(=O)CCC1=O.[CH3-].[CH3-].[NH3+]CCCC(=O)CCN1C(=O)C=CC1=O.[Y]. The van der Waals surface area contributed by atoms with Gasteiger partial charge in [0.1, 0.15) is 11.6 Å². The average Bonchev–Trinajstić information content (AvgIpc) is 3.58. The molecule has 3 aliphatic rings. The third-order valence-electron chi connectivity index (χ3n) is 5.97. The van der Waals surface area contributed by atoms with Crippen LogP contribution in [0.15, 0.2) is 24.3 Å². The molecule has 1 fully saturated rings. The minimum atomic E-state index is -0.659. The van der Waals surface area contributed by atoms with Gasteiger partial charge in [0.2, 0.25) is 5.91 Å². The quantitative estimate of drug-likeness (QED) is 0.134. The van der Waals surface area contributed by atoms with Crippen LogP contribution in [0.4, 0.5) is 0 Å². The van der Waals surface area contributed by atoms with Crippen LogP contribution in [0.3, 0.4) is 0 Å². The normalized spacial score (nSPS) is 14.0. The zero-order valence-electron chi connectivity index (χ0n) is 27.4. The molecule has 0 aliphatic carbocycles. The van der Waals surface area contributed by atoms with E-state index in [1.807, 2.05) is 0 Å². The summed E-state index contributed by atoms with van der Waals surface area (Å²) in [5.74, 6) is -3.03. The summed E-state index contributed by atoms with van der Waals surface area (Å²) in [5, 5.41) is 3.11. The van der Waals surface area contributed by atoms with Gasteiger partial charge in [0.15, 0.2) is 0 Å². The number of hydroxylamine groups is 2. The van der Waals surface area contributed by atoms with Gasteiger partial charge in [-0.05, 0) is 6.42 Å². The van der Waals surface area contributed by atoms with Crippen LogP contribution in [0.1, 0.15) is 72.6 Å². The van der Waals surface area contributed by atoms with E-state index in [9.17, 15) is 47.9 Å². The standard InChI is InChI=1S/C12H16N2O4.C10H14N2O3.C6H7NO4.CH4.2CH3.Y/c1-9(15)13-7-2-3-10(16)6-8-14-11(17)4-5-12(14)18;11-6-1-2-8(13)5-7-12-9(14)3-4-10(12)15;1-4(8)11-7-5(9)2-3-6(7)10;;;;/h4-5H,2-3,6-8H2,1H3,(H,13,15);3-4H,1-2,5-7,11H2;2-3H2,1H3;1H4;2*1H3;/q;;;;2*-1;/p+1. The average molecular weight is 756 g/mol. The zero-order valence-corrected chi connectivity index (χ0v) is 30.2. The van der Waals surface area contributed by atoms with Crippen LogP contribution in [-0.2, 0) is 85.5 Å². The fourth-order valence-corrected chi connectivity index (χ4v) is 3.68. The maximum Gasteiger partial charge on any atom is 0.330 e. The summed E-state index contributed by atoms with van der Waals surface area (Å²) in [6, 6.07) is 0. The molecule has 0 unspecified atom stereocenters. The van der Waals surface area contributed by atoms with Crippen molar-refractivity contribution in [3.63, 3.8) is 0 Å². The van der Waals surface area contributed by atoms with Gasteiger partial charge < -0.3 is 30.7 Å². The van der Waals surface area contributed by atoms with Gasteiger partial charge in [0.25, 0.3) is 35.4 Å². The Labute approximate surface area is 307 Å². The second-order valence-electron chi connectivity index (χ2n) is 9.61. The number of Topliss-reactive ketones (excluding diaryl/α,β-unsaturated/α-hetero) is 2. The number of rotatable bonds is 14. The second kappa shape index (κ2) is 27.2. The van der Waals surface area contributed by atoms with Crippen molar-refractivity contribution in [3.8, 4) is 0 Å². The molecule has 0 spiro atoms. The number of quaternary nitrogens is 1. The Morgan fingerprint density at radius 3 is 1.42 bits per heavy atom. The molecule has 0 saturated carbocycles. The van der Waals surface area contributed by atoms with E-state index >= 15 is 0 Å². The first-order valence-electron chi connectivity index (χ1n) is 13.9. The molecule has 3 rings (SSSR count). The van der Waals surface area contributed by atoms with Crippen molar-refractivity contribution in [2.75, 3.05) is 26.2 Å². The number of ketones is 2. The van der Waals surface area contributed by atoms with Gasteiger partial charge in [-0.1, -0.05) is 7.43 Å². The van der Waals surface area contributed by atoms with Crippen molar-refractivity contribution >= 4 is 58.9 Å². The van der Waals surface area contributed by atoms with Crippen LogP contribution in [-0.4, -0.2) is 99.9 Å². The van der Waals surface area contributed by atoms with E-state index in [4.69, 9.17) is 0 Å². The van der Waals surface area contributed by atoms with Gasteiger partial charge in [0, 0.05) is 135 Å². The van der Waals surface area contributed by atoms with Gasteiger partial charge in [-0.3, -0.25) is 53.0 Å². The van der Waals surface area contributed by atoms with Gasteiger partial charge in [0.05, 0.1) is 6.54 Å². The van der Waals surface area contributed by atoms with E-state index in [-0.39, 0.29) is 135 Å². The van der Waals surface area contributed by atoms with E-state index in [0.29, 0.717) is 30.9 Å². The van der Waals surface area contributed by atoms with Crippen molar-refractivity contribution in [1.29, 1.82) is 0 Å². The molecular weight excluding hydrogens is 707 g/mol. The molecule has 267 valence electrons. The number of carbonyl (C=O) groups excluding carboxylic acids is 10. The van der Waals surface area contributed by atoms with Gasteiger partial charge in [-0.15, -0.1) is 5.06 Å². The molecule has 0 aromatic rings. The summed E-state index contributed by atoms with van der Waals surface area (Å²) in [5.41, 5.74) is 3.64. The summed E-state index contributed by atoms with van der Waals surface area (Å²) < 4.78 is 0. The maximum absolute atomic E-state index is 11.5. The first-order valence-corrected chi connectivity index (χ1v) is 13.9. The minimum absolute atomic E-state index is 0. The minimum Gasteiger partial charge on any atom is -0.358 e. The first-order chi connectivity index (χ1) is 20.8. The maximum atomic E-state index is 11.5. The Morgan fingerprint density at radius 1 is 0.708 bits per heavy atom. The van der Waals surface area contributed by atoms with Gasteiger partial charge in [-0.2, -0.15) is 0 Å². The second-order valence-corrected chi connectivity index (χ2v) is 9.61. The molecule has 0 atom stereocenters. The molecule has 7 amide bonds. The summed E-state index contributed by atoms with van der Waals surface area (Å²) in [6.45, 7) is 4.07. The molecule has 16 nitrogen and oxygen atoms in total. The monoisotopic (exact) mass is 755 g/mol. The van der Waals surface area contributed by atoms with Crippen molar-refractivity contribution in [2.24, 2.45) is 0 Å². The van der Waals surface area contributed by atoms with Gasteiger partial charge in [-0.25, -0.2) is 4.79 Å². The van der Waals surface area contributed by atoms with Crippen LogP contribution in [0.5, 0.6) is 0 Å². The van der Waals surface area contributed by atoms with Crippen LogP contribution in [0.2, 0.25) is 0 Å². The van der Waals surface area contributed by atoms with Crippen LogP contribution >= 0.6 is 0 Å². The topological polar surface area (TPSA) is 229 Å². The molecule has 1 saturated heterocycles. The van der Waals surface area contributed by atoms with Crippen LogP contribution in [0, 0.1) is 14.9 Å². The number of nitrogens with zero attached hydrogens (tertiary/aromatic N) is 3. The number of amides is 7. The van der Waals surface area contributed by atoms with E-state index in [0.717, 1.165) is 29.7 Å². The Hall–Kier alpha value is -3.76. The van der Waals surface area contributed by atoms with Crippen molar-refractivity contribution in [1.82, 2.24) is 20.2 Å². The third-order valence-corrected chi connectivity index (χ3v) is 5.97. The van der Waals surface area contributed by atoms with Crippen LogP contribution < -0.4 is 11.1 Å². The first kappa shape index (κ1) is 51.1. The summed E-state index contributed by atoms with van der Waals surface area (Å²) in [7, 11) is 0. The fraction of sp³-hybridized carbons (Fsp3) is 0.484.